The molecule has 1 aromatic rings. The Bertz CT molecular complexity index is 305. The Labute approximate surface area is 70.9 Å². The summed E-state index contributed by atoms with van der Waals surface area (Å²) >= 11 is 0. The summed E-state index contributed by atoms with van der Waals surface area (Å²) in [6.45, 7) is 0.788. The summed E-state index contributed by atoms with van der Waals surface area (Å²) in [5.74, 6) is 0. The molecule has 1 rings (SSSR count). The number of nitrogens with one attached hydrogen (secondary N) is 2. The Kier molecular flexibility index (Phi) is 3.05. The predicted molar refractivity (Wildman–Crippen MR) is 46.3 cm³/mol. The Morgan fingerprint density at radius 3 is 3.33 bits per heavy atom. The van der Waals surface area contributed by atoms with Crippen molar-refractivity contribution >= 4 is 6.08 Å². The number of nitrogens with zero attached hydrogens (tertiary/aromatic N) is 2. The summed E-state index contributed by atoms with van der Waals surface area (Å²) in [4.78, 5) is 0. The molecular weight excluding hydrogens is 152 g/mol. The standard InChI is InChI=1S/C8H10N4/c1-10-4-2-3-7-6-11-12-8(7)5-9/h2-3,6,10H,4H2,1H3,(H,11,12). The number of hydrogen-bond acceptors (Lipinski definition) is 3. The van der Waals surface area contributed by atoms with Gasteiger partial charge >= 0.3 is 0 Å². The number of H-pyrrole nitrogens is 1. The molecule has 0 unspecified atom stereocenters. The van der Waals surface area contributed by atoms with Crippen LogP contribution in [0.2, 0.25) is 0 Å². The maximum Gasteiger partial charge on any atom is 0.142 e. The minimum absolute atomic E-state index is 0.502. The zero-order valence-electron chi connectivity index (χ0n) is 6.83. The molecule has 0 bridgehead atoms. The van der Waals surface area contributed by atoms with E-state index >= 15 is 0 Å². The normalized spacial score (nSPS) is 10.3. The number of hydrogen-bond donors (Lipinski definition) is 2. The van der Waals surface area contributed by atoms with Crippen molar-refractivity contribution in [3.8, 4) is 6.07 Å². The van der Waals surface area contributed by atoms with Gasteiger partial charge in [0.25, 0.3) is 0 Å². The van der Waals surface area contributed by atoms with Gasteiger partial charge in [-0.1, -0.05) is 12.2 Å². The lowest BCUT2D eigenvalue weighted by Crippen LogP contribution is -2.03. The largest absolute Gasteiger partial charge is 0.316 e. The molecule has 0 aliphatic heterocycles. The molecule has 2 N–H and O–H groups in total. The molecule has 0 saturated carbocycles. The summed E-state index contributed by atoms with van der Waals surface area (Å²) in [5.41, 5.74) is 1.33. The molecule has 0 fully saturated rings. The van der Waals surface area contributed by atoms with Crippen LogP contribution >= 0.6 is 0 Å². The molecule has 4 heteroatoms. The van der Waals surface area contributed by atoms with Crippen LogP contribution in [0.1, 0.15) is 11.3 Å². The van der Waals surface area contributed by atoms with Gasteiger partial charge in [0.15, 0.2) is 0 Å². The molecule has 4 nitrogen and oxygen atoms in total. The summed E-state index contributed by atoms with van der Waals surface area (Å²) < 4.78 is 0. The molecule has 0 amide bonds. The second-order valence-corrected chi connectivity index (χ2v) is 2.27. The molecule has 62 valence electrons. The molecule has 1 aromatic heterocycles. The lowest BCUT2D eigenvalue weighted by Gasteiger charge is -1.87. The molecule has 1 heterocycles. The van der Waals surface area contributed by atoms with Gasteiger partial charge in [0, 0.05) is 12.1 Å². The van der Waals surface area contributed by atoms with Crippen LogP contribution in [0, 0.1) is 11.3 Å². The number of aromatic nitrogens is 2. The first-order valence-electron chi connectivity index (χ1n) is 3.63. The zero-order chi connectivity index (χ0) is 8.81. The van der Waals surface area contributed by atoms with Gasteiger partial charge in [0.05, 0.1) is 6.20 Å². The van der Waals surface area contributed by atoms with E-state index < -0.39 is 0 Å². The van der Waals surface area contributed by atoms with E-state index in [2.05, 4.69) is 15.5 Å². The van der Waals surface area contributed by atoms with Crippen LogP contribution in [0.4, 0.5) is 0 Å². The molecule has 0 aliphatic carbocycles. The molecule has 0 spiro atoms. The number of likely N-dealkylation sites (N-methyl/N-ethyl adjacent to an activating group) is 1. The van der Waals surface area contributed by atoms with Gasteiger partial charge in [0.1, 0.15) is 11.8 Å². The highest BCUT2D eigenvalue weighted by Gasteiger charge is 1.97. The van der Waals surface area contributed by atoms with Crippen molar-refractivity contribution in [1.29, 1.82) is 5.26 Å². The van der Waals surface area contributed by atoms with Crippen LogP contribution in [-0.2, 0) is 0 Å². The van der Waals surface area contributed by atoms with Crippen LogP contribution in [0.5, 0.6) is 0 Å². The fourth-order valence-electron chi connectivity index (χ4n) is 0.815. The third kappa shape index (κ3) is 1.94. The van der Waals surface area contributed by atoms with E-state index in [9.17, 15) is 0 Å². The van der Waals surface area contributed by atoms with Gasteiger partial charge in [-0.2, -0.15) is 10.4 Å². The lowest BCUT2D eigenvalue weighted by atomic mass is 10.2. The van der Waals surface area contributed by atoms with E-state index in [0.29, 0.717) is 5.69 Å². The third-order valence-corrected chi connectivity index (χ3v) is 1.40. The fourth-order valence-corrected chi connectivity index (χ4v) is 0.815. The summed E-state index contributed by atoms with van der Waals surface area (Å²) in [6, 6.07) is 2.01. The number of nitriles is 1. The van der Waals surface area contributed by atoms with E-state index in [1.807, 2.05) is 25.3 Å². The van der Waals surface area contributed by atoms with Crippen LogP contribution < -0.4 is 5.32 Å². The van der Waals surface area contributed by atoms with Crippen LogP contribution in [0.15, 0.2) is 12.3 Å². The van der Waals surface area contributed by atoms with Gasteiger partial charge < -0.3 is 5.32 Å². The van der Waals surface area contributed by atoms with Gasteiger partial charge in [-0.15, -0.1) is 0 Å². The van der Waals surface area contributed by atoms with E-state index in [1.165, 1.54) is 0 Å². The van der Waals surface area contributed by atoms with Crippen molar-refractivity contribution in [3.63, 3.8) is 0 Å². The van der Waals surface area contributed by atoms with E-state index in [-0.39, 0.29) is 0 Å². The Balaban J connectivity index is 2.69. The first-order valence-corrected chi connectivity index (χ1v) is 3.63. The van der Waals surface area contributed by atoms with Crippen molar-refractivity contribution in [2.24, 2.45) is 0 Å². The Morgan fingerprint density at radius 2 is 2.67 bits per heavy atom. The minimum Gasteiger partial charge on any atom is -0.316 e. The van der Waals surface area contributed by atoms with Crippen molar-refractivity contribution in [2.75, 3.05) is 13.6 Å². The molecule has 0 saturated heterocycles. The van der Waals surface area contributed by atoms with Crippen LogP contribution in [0.3, 0.4) is 0 Å². The highest BCUT2D eigenvalue weighted by atomic mass is 15.1. The molecule has 0 aromatic carbocycles. The van der Waals surface area contributed by atoms with Crippen molar-refractivity contribution in [2.45, 2.75) is 0 Å². The number of rotatable bonds is 3. The molecule has 12 heavy (non-hydrogen) atoms. The van der Waals surface area contributed by atoms with Crippen molar-refractivity contribution < 1.29 is 0 Å². The predicted octanol–water partition coefficient (Wildman–Crippen LogP) is 0.514. The second kappa shape index (κ2) is 4.31. The summed E-state index contributed by atoms with van der Waals surface area (Å²) in [5, 5.41) is 17.9. The summed E-state index contributed by atoms with van der Waals surface area (Å²) in [6.07, 6.45) is 5.43. The van der Waals surface area contributed by atoms with E-state index in [0.717, 1.165) is 12.1 Å². The Morgan fingerprint density at radius 1 is 1.83 bits per heavy atom. The average Bonchev–Trinajstić information content (AvgIpc) is 2.52. The zero-order valence-corrected chi connectivity index (χ0v) is 6.83. The van der Waals surface area contributed by atoms with Crippen LogP contribution in [0.25, 0.3) is 6.08 Å². The second-order valence-electron chi connectivity index (χ2n) is 2.27. The first-order chi connectivity index (χ1) is 5.88. The van der Waals surface area contributed by atoms with Crippen molar-refractivity contribution in [1.82, 2.24) is 15.5 Å². The monoisotopic (exact) mass is 162 g/mol. The SMILES string of the molecule is CNCC=Cc1cn[nH]c1C#N. The topological polar surface area (TPSA) is 64.5 Å². The molecule has 0 radical (unpaired) electrons. The third-order valence-electron chi connectivity index (χ3n) is 1.40. The van der Waals surface area contributed by atoms with E-state index in [1.54, 1.807) is 6.20 Å². The Hall–Kier alpha value is -1.60. The molecule has 0 aliphatic rings. The summed E-state index contributed by atoms with van der Waals surface area (Å²) in [7, 11) is 1.87. The maximum absolute atomic E-state index is 8.59. The number of aromatic amines is 1. The van der Waals surface area contributed by atoms with Gasteiger partial charge in [-0.05, 0) is 7.05 Å². The average molecular weight is 162 g/mol. The van der Waals surface area contributed by atoms with Crippen molar-refractivity contribution in [3.05, 3.63) is 23.5 Å². The van der Waals surface area contributed by atoms with Gasteiger partial charge in [0.2, 0.25) is 0 Å². The van der Waals surface area contributed by atoms with Gasteiger partial charge in [-0.3, -0.25) is 5.10 Å². The molecule has 0 atom stereocenters. The fraction of sp³-hybridized carbons (Fsp3) is 0.250. The highest BCUT2D eigenvalue weighted by molar-refractivity contribution is 5.54. The first kappa shape index (κ1) is 8.50. The smallest absolute Gasteiger partial charge is 0.142 e. The lowest BCUT2D eigenvalue weighted by molar-refractivity contribution is 0.922. The van der Waals surface area contributed by atoms with Gasteiger partial charge in [-0.25, -0.2) is 0 Å². The minimum atomic E-state index is 0.502. The van der Waals surface area contributed by atoms with Crippen LogP contribution in [-0.4, -0.2) is 23.8 Å². The quantitative estimate of drug-likeness (QED) is 0.680. The van der Waals surface area contributed by atoms with E-state index in [4.69, 9.17) is 5.26 Å². The molecular formula is C8H10N4. The highest BCUT2D eigenvalue weighted by Crippen LogP contribution is 2.04. The maximum atomic E-state index is 8.59.